The molecule has 7 nitrogen and oxygen atoms in total. The molecule has 2 aromatic rings. The number of nitrogens with zero attached hydrogens (tertiary/aromatic N) is 3. The highest BCUT2D eigenvalue weighted by atomic mass is 79.9. The van der Waals surface area contributed by atoms with Crippen molar-refractivity contribution < 1.29 is 19.2 Å². The maximum atomic E-state index is 13.7. The van der Waals surface area contributed by atoms with Crippen LogP contribution in [0.4, 0.5) is 0 Å². The number of likely N-dealkylation sites (N-methyl/N-ethyl adjacent to an activating group) is 1. The lowest BCUT2D eigenvalue weighted by atomic mass is 9.78. The van der Waals surface area contributed by atoms with Crippen molar-refractivity contribution in [1.29, 1.82) is 0 Å². The molecule has 0 N–H and O–H groups in total. The summed E-state index contributed by atoms with van der Waals surface area (Å²) in [4.78, 5) is 59.1. The minimum Gasteiger partial charge on any atom is -0.342 e. The Morgan fingerprint density at radius 1 is 1.03 bits per heavy atom. The Kier molecular flexibility index (Phi) is 5.16. The maximum Gasteiger partial charge on any atom is 0.255 e. The molecule has 5 rings (SSSR count). The summed E-state index contributed by atoms with van der Waals surface area (Å²) < 4.78 is 0.834. The highest BCUT2D eigenvalue weighted by Gasteiger charge is 2.74. The Labute approximate surface area is 200 Å². The van der Waals surface area contributed by atoms with Crippen LogP contribution in [-0.2, 0) is 20.9 Å². The van der Waals surface area contributed by atoms with Gasteiger partial charge in [0.1, 0.15) is 5.54 Å². The molecule has 33 heavy (non-hydrogen) atoms. The third-order valence-corrected chi connectivity index (χ3v) is 7.87. The lowest BCUT2D eigenvalue weighted by Gasteiger charge is -2.48. The maximum absolute atomic E-state index is 13.7. The summed E-state index contributed by atoms with van der Waals surface area (Å²) in [5, 5.41) is 0. The van der Waals surface area contributed by atoms with Crippen LogP contribution in [0.25, 0.3) is 0 Å². The van der Waals surface area contributed by atoms with Gasteiger partial charge < -0.3 is 9.80 Å². The molecule has 3 fully saturated rings. The van der Waals surface area contributed by atoms with Gasteiger partial charge in [0.15, 0.2) is 0 Å². The number of fused-ring (bicyclic) bond motifs is 5. The van der Waals surface area contributed by atoms with E-state index in [9.17, 15) is 19.2 Å². The van der Waals surface area contributed by atoms with Gasteiger partial charge in [-0.1, -0.05) is 53.2 Å². The van der Waals surface area contributed by atoms with E-state index in [1.807, 2.05) is 37.3 Å². The fraction of sp³-hybridized carbons (Fsp3) is 0.360. The van der Waals surface area contributed by atoms with Crippen molar-refractivity contribution >= 4 is 39.6 Å². The molecule has 2 aromatic carbocycles. The number of hydrogen-bond donors (Lipinski definition) is 0. The summed E-state index contributed by atoms with van der Waals surface area (Å²) in [5.41, 5.74) is -0.0921. The first kappa shape index (κ1) is 21.8. The fourth-order valence-electron chi connectivity index (χ4n) is 5.90. The van der Waals surface area contributed by atoms with Crippen molar-refractivity contribution in [2.45, 2.75) is 31.5 Å². The summed E-state index contributed by atoms with van der Waals surface area (Å²) in [6.45, 7) is 2.21. The van der Waals surface area contributed by atoms with Crippen molar-refractivity contribution in [2.24, 2.45) is 11.8 Å². The standard InChI is InChI=1S/C25H24BrN3O4/c1-3-25-20-19(22(31)28(23(20)32)13-15-7-5-4-6-8-15)18(14-27(2)24(25)33)29(25)21(30)16-9-11-17(26)12-10-16/h4-12,18-20H,3,13-14H2,1-2H3/t18-,19+,20-,25-/m1/s1. The minimum atomic E-state index is -1.37. The number of piperazine rings is 1. The number of carbonyl (C=O) groups is 4. The van der Waals surface area contributed by atoms with Crippen molar-refractivity contribution in [2.75, 3.05) is 13.6 Å². The van der Waals surface area contributed by atoms with Crippen LogP contribution >= 0.6 is 15.9 Å². The number of halogens is 1. The molecule has 3 aliphatic rings. The molecular weight excluding hydrogens is 486 g/mol. The average Bonchev–Trinajstić information content (AvgIpc) is 3.21. The smallest absolute Gasteiger partial charge is 0.255 e. The number of amides is 4. The normalized spacial score (nSPS) is 28.5. The quantitative estimate of drug-likeness (QED) is 0.593. The summed E-state index contributed by atoms with van der Waals surface area (Å²) in [6.07, 6.45) is 0.258. The predicted octanol–water partition coefficient (Wildman–Crippen LogP) is 2.70. The van der Waals surface area contributed by atoms with Gasteiger partial charge in [0.25, 0.3) is 5.91 Å². The Morgan fingerprint density at radius 3 is 2.33 bits per heavy atom. The third-order valence-electron chi connectivity index (χ3n) is 7.34. The van der Waals surface area contributed by atoms with E-state index in [0.29, 0.717) is 5.56 Å². The Morgan fingerprint density at radius 2 is 1.70 bits per heavy atom. The predicted molar refractivity (Wildman–Crippen MR) is 124 cm³/mol. The Balaban J connectivity index is 1.58. The molecule has 8 heteroatoms. The van der Waals surface area contributed by atoms with Crippen molar-refractivity contribution in [3.63, 3.8) is 0 Å². The molecule has 0 unspecified atom stereocenters. The molecule has 4 atom stereocenters. The van der Waals surface area contributed by atoms with Crippen LogP contribution in [0, 0.1) is 11.8 Å². The van der Waals surface area contributed by atoms with Crippen LogP contribution in [0.15, 0.2) is 59.1 Å². The van der Waals surface area contributed by atoms with E-state index >= 15 is 0 Å². The van der Waals surface area contributed by atoms with E-state index < -0.39 is 23.4 Å². The van der Waals surface area contributed by atoms with Crippen molar-refractivity contribution in [3.05, 3.63) is 70.2 Å². The monoisotopic (exact) mass is 509 g/mol. The zero-order valence-electron chi connectivity index (χ0n) is 18.4. The largest absolute Gasteiger partial charge is 0.342 e. The molecule has 3 aliphatic heterocycles. The molecule has 4 amide bonds. The Hall–Kier alpha value is -3.00. The van der Waals surface area contributed by atoms with Crippen LogP contribution in [0.2, 0.25) is 0 Å². The number of hydrogen-bond acceptors (Lipinski definition) is 4. The van der Waals surface area contributed by atoms with Crippen LogP contribution < -0.4 is 0 Å². The zero-order chi connectivity index (χ0) is 23.5. The number of carbonyl (C=O) groups excluding carboxylic acids is 4. The van der Waals surface area contributed by atoms with Gasteiger partial charge in [-0.15, -0.1) is 0 Å². The average molecular weight is 510 g/mol. The van der Waals surface area contributed by atoms with E-state index in [1.165, 1.54) is 4.90 Å². The van der Waals surface area contributed by atoms with Gasteiger partial charge in [-0.3, -0.25) is 24.1 Å². The molecule has 3 heterocycles. The summed E-state index contributed by atoms with van der Waals surface area (Å²) in [7, 11) is 1.68. The molecule has 0 spiro atoms. The van der Waals surface area contributed by atoms with Gasteiger partial charge in [-0.2, -0.15) is 0 Å². The number of rotatable bonds is 4. The van der Waals surface area contributed by atoms with Crippen LogP contribution in [-0.4, -0.2) is 63.5 Å². The van der Waals surface area contributed by atoms with E-state index in [0.717, 1.165) is 10.0 Å². The molecule has 3 saturated heterocycles. The minimum absolute atomic E-state index is 0.169. The number of imide groups is 1. The van der Waals surface area contributed by atoms with E-state index in [1.54, 1.807) is 41.1 Å². The van der Waals surface area contributed by atoms with Crippen LogP contribution in [0.5, 0.6) is 0 Å². The molecule has 0 aliphatic carbocycles. The lowest BCUT2D eigenvalue weighted by Crippen LogP contribution is -2.68. The summed E-state index contributed by atoms with van der Waals surface area (Å²) in [6, 6.07) is 15.7. The molecule has 0 radical (unpaired) electrons. The SMILES string of the molecule is CC[C@]12C(=O)N(C)C[C@H]([C@@H]3C(=O)N(Cc4ccccc4)C(=O)[C@@H]31)N2C(=O)c1ccc(Br)cc1. The topological polar surface area (TPSA) is 78.0 Å². The van der Waals surface area contributed by atoms with Gasteiger partial charge >= 0.3 is 0 Å². The van der Waals surface area contributed by atoms with Crippen molar-refractivity contribution in [1.82, 2.24) is 14.7 Å². The first-order chi connectivity index (χ1) is 15.8. The lowest BCUT2D eigenvalue weighted by molar-refractivity contribution is -0.155. The molecule has 170 valence electrons. The third kappa shape index (κ3) is 3.00. The molecule has 0 saturated carbocycles. The number of benzene rings is 2. The fourth-order valence-corrected chi connectivity index (χ4v) is 6.16. The van der Waals surface area contributed by atoms with Crippen LogP contribution in [0.3, 0.4) is 0 Å². The van der Waals surface area contributed by atoms with Gasteiger partial charge in [-0.25, -0.2) is 0 Å². The summed E-state index contributed by atoms with van der Waals surface area (Å²) in [5.74, 6) is -2.86. The van der Waals surface area contributed by atoms with E-state index in [-0.39, 0.29) is 43.1 Å². The first-order valence-corrected chi connectivity index (χ1v) is 11.8. The number of likely N-dealkylation sites (tertiary alicyclic amines) is 2. The van der Waals surface area contributed by atoms with Gasteiger partial charge in [-0.05, 0) is 36.2 Å². The second-order valence-corrected chi connectivity index (χ2v) is 9.88. The van der Waals surface area contributed by atoms with Gasteiger partial charge in [0.2, 0.25) is 17.7 Å². The molecule has 2 bridgehead atoms. The second kappa shape index (κ2) is 7.80. The second-order valence-electron chi connectivity index (χ2n) is 8.96. The van der Waals surface area contributed by atoms with Crippen LogP contribution in [0.1, 0.15) is 29.3 Å². The summed E-state index contributed by atoms with van der Waals surface area (Å²) >= 11 is 3.38. The highest BCUT2D eigenvalue weighted by Crippen LogP contribution is 2.54. The highest BCUT2D eigenvalue weighted by molar-refractivity contribution is 9.10. The van der Waals surface area contributed by atoms with Crippen molar-refractivity contribution in [3.8, 4) is 0 Å². The molecular formula is C25H24BrN3O4. The van der Waals surface area contributed by atoms with E-state index in [4.69, 9.17) is 0 Å². The van der Waals surface area contributed by atoms with Gasteiger partial charge in [0.05, 0.1) is 24.4 Å². The Bertz CT molecular complexity index is 1150. The zero-order valence-corrected chi connectivity index (χ0v) is 20.0. The van der Waals surface area contributed by atoms with E-state index in [2.05, 4.69) is 15.9 Å². The first-order valence-electron chi connectivity index (χ1n) is 11.0. The molecule has 0 aromatic heterocycles. The van der Waals surface area contributed by atoms with Gasteiger partial charge in [0, 0.05) is 23.6 Å².